The first-order chi connectivity index (χ1) is 10.8. The summed E-state index contributed by atoms with van der Waals surface area (Å²) < 4.78 is 0. The van der Waals surface area contributed by atoms with E-state index < -0.39 is 0 Å². The molecule has 0 aromatic carbocycles. The largest absolute Gasteiger partial charge is 0.369 e. The number of nitrogens with one attached hydrogen (secondary N) is 2. The average molecular weight is 290 g/mol. The Morgan fingerprint density at radius 3 is 1.59 bits per heavy atom. The van der Waals surface area contributed by atoms with Gasteiger partial charge >= 0.3 is 0 Å². The van der Waals surface area contributed by atoms with Crippen molar-refractivity contribution in [3.05, 3.63) is 71.6 Å². The zero-order chi connectivity index (χ0) is 15.6. The van der Waals surface area contributed by atoms with Crippen molar-refractivity contribution < 1.29 is 0 Å². The third kappa shape index (κ3) is 4.32. The van der Waals surface area contributed by atoms with E-state index in [4.69, 9.17) is 0 Å². The lowest BCUT2D eigenvalue weighted by molar-refractivity contribution is 0.753. The molecule has 0 aliphatic carbocycles. The molecule has 0 unspecified atom stereocenters. The molecule has 0 spiro atoms. The van der Waals surface area contributed by atoms with E-state index in [9.17, 15) is 10.5 Å². The van der Waals surface area contributed by atoms with Gasteiger partial charge in [0.25, 0.3) is 0 Å². The van der Waals surface area contributed by atoms with Crippen LogP contribution in [-0.2, 0) is 13.1 Å². The van der Waals surface area contributed by atoms with E-state index in [1.54, 1.807) is 12.4 Å². The summed E-state index contributed by atoms with van der Waals surface area (Å²) in [6, 6.07) is 15.0. The van der Waals surface area contributed by atoms with E-state index >= 15 is 0 Å². The van der Waals surface area contributed by atoms with Crippen molar-refractivity contribution >= 4 is 0 Å². The summed E-state index contributed by atoms with van der Waals surface area (Å²) in [4.78, 5) is 8.31. The highest BCUT2D eigenvalue weighted by Crippen LogP contribution is 2.01. The molecule has 2 N–H and O–H groups in total. The van der Waals surface area contributed by atoms with Crippen LogP contribution in [0, 0.1) is 22.7 Å². The minimum absolute atomic E-state index is 0.184. The Morgan fingerprint density at radius 1 is 0.818 bits per heavy atom. The first-order valence-corrected chi connectivity index (χ1v) is 6.65. The molecule has 0 aliphatic heterocycles. The molecule has 0 amide bonds. The van der Waals surface area contributed by atoms with E-state index in [0.29, 0.717) is 13.1 Å². The van der Waals surface area contributed by atoms with Crippen molar-refractivity contribution in [2.75, 3.05) is 0 Å². The lowest BCUT2D eigenvalue weighted by atomic mass is 10.3. The molecule has 6 heteroatoms. The highest BCUT2D eigenvalue weighted by molar-refractivity contribution is 5.34. The molecular formula is C16H14N6. The number of nitrogens with zero attached hydrogens (tertiary/aromatic N) is 4. The third-order valence-corrected chi connectivity index (χ3v) is 2.82. The van der Waals surface area contributed by atoms with Crippen molar-refractivity contribution in [3.63, 3.8) is 0 Å². The van der Waals surface area contributed by atoms with Crippen LogP contribution in [0.15, 0.2) is 60.2 Å². The van der Waals surface area contributed by atoms with Crippen LogP contribution in [0.1, 0.15) is 11.4 Å². The van der Waals surface area contributed by atoms with Crippen LogP contribution >= 0.6 is 0 Å². The van der Waals surface area contributed by atoms with Gasteiger partial charge in [-0.2, -0.15) is 10.5 Å². The van der Waals surface area contributed by atoms with Gasteiger partial charge in [0, 0.05) is 12.4 Å². The van der Waals surface area contributed by atoms with Gasteiger partial charge in [-0.25, -0.2) is 0 Å². The SMILES string of the molecule is N#C/C(NCc1ccccn1)=C(\C#N)NCc1ccccn1. The third-order valence-electron chi connectivity index (χ3n) is 2.82. The predicted octanol–water partition coefficient (Wildman–Crippen LogP) is 1.61. The van der Waals surface area contributed by atoms with Crippen molar-refractivity contribution in [2.45, 2.75) is 13.1 Å². The molecule has 0 atom stereocenters. The van der Waals surface area contributed by atoms with Crippen LogP contribution in [0.2, 0.25) is 0 Å². The standard InChI is InChI=1S/C16H14N6/c17-9-15(21-11-13-5-1-3-7-19-13)16(10-18)22-12-14-6-2-4-8-20-14/h1-8,21-22H,11-12H2/b16-15-. The van der Waals surface area contributed by atoms with Crippen molar-refractivity contribution in [1.82, 2.24) is 20.6 Å². The summed E-state index contributed by atoms with van der Waals surface area (Å²) in [6.07, 6.45) is 3.36. The number of nitriles is 2. The van der Waals surface area contributed by atoms with Gasteiger partial charge in [-0.3, -0.25) is 9.97 Å². The van der Waals surface area contributed by atoms with Crippen LogP contribution in [0.4, 0.5) is 0 Å². The maximum Gasteiger partial charge on any atom is 0.148 e. The van der Waals surface area contributed by atoms with Gasteiger partial charge < -0.3 is 10.6 Å². The van der Waals surface area contributed by atoms with E-state index in [-0.39, 0.29) is 11.4 Å². The molecule has 2 heterocycles. The molecule has 6 nitrogen and oxygen atoms in total. The summed E-state index contributed by atoms with van der Waals surface area (Å²) in [5, 5.41) is 24.3. The Hall–Kier alpha value is -3.38. The van der Waals surface area contributed by atoms with E-state index in [0.717, 1.165) is 11.4 Å². The second kappa shape index (κ2) is 8.03. The lowest BCUT2D eigenvalue weighted by Gasteiger charge is -2.08. The normalized spacial score (nSPS) is 10.8. The summed E-state index contributed by atoms with van der Waals surface area (Å²) in [5.41, 5.74) is 1.95. The Bertz CT molecular complexity index is 646. The predicted molar refractivity (Wildman–Crippen MR) is 80.4 cm³/mol. The van der Waals surface area contributed by atoms with Crippen LogP contribution < -0.4 is 10.6 Å². The summed E-state index contributed by atoms with van der Waals surface area (Å²) in [7, 11) is 0. The number of hydrogen-bond donors (Lipinski definition) is 2. The number of aromatic nitrogens is 2. The molecule has 2 rings (SSSR count). The first kappa shape index (κ1) is 15.0. The Morgan fingerprint density at radius 2 is 1.27 bits per heavy atom. The Balaban J connectivity index is 2.02. The van der Waals surface area contributed by atoms with E-state index in [2.05, 4.69) is 20.6 Å². The van der Waals surface area contributed by atoms with Gasteiger partial charge in [-0.05, 0) is 24.3 Å². The van der Waals surface area contributed by atoms with Gasteiger partial charge in [0.05, 0.1) is 24.5 Å². The second-order valence-electron chi connectivity index (χ2n) is 4.32. The molecule has 0 radical (unpaired) electrons. The monoisotopic (exact) mass is 290 g/mol. The fourth-order valence-electron chi connectivity index (χ4n) is 1.73. The molecule has 0 saturated carbocycles. The molecule has 0 saturated heterocycles. The molecule has 0 bridgehead atoms. The average Bonchev–Trinajstić information content (AvgIpc) is 2.59. The summed E-state index contributed by atoms with van der Waals surface area (Å²) in [6.45, 7) is 0.750. The van der Waals surface area contributed by atoms with Gasteiger partial charge in [-0.15, -0.1) is 0 Å². The van der Waals surface area contributed by atoms with Gasteiger partial charge in [0.2, 0.25) is 0 Å². The molecule has 22 heavy (non-hydrogen) atoms. The molecule has 0 fully saturated rings. The zero-order valence-corrected chi connectivity index (χ0v) is 11.8. The maximum atomic E-state index is 9.21. The quantitative estimate of drug-likeness (QED) is 0.784. The van der Waals surface area contributed by atoms with Crippen LogP contribution in [0.3, 0.4) is 0 Å². The molecular weight excluding hydrogens is 276 g/mol. The van der Waals surface area contributed by atoms with E-state index in [1.165, 1.54) is 0 Å². The summed E-state index contributed by atoms with van der Waals surface area (Å²) >= 11 is 0. The van der Waals surface area contributed by atoms with E-state index in [1.807, 2.05) is 48.5 Å². The maximum absolute atomic E-state index is 9.21. The van der Waals surface area contributed by atoms with Crippen LogP contribution in [-0.4, -0.2) is 9.97 Å². The molecule has 2 aromatic heterocycles. The van der Waals surface area contributed by atoms with Crippen LogP contribution in [0.5, 0.6) is 0 Å². The fraction of sp³-hybridized carbons (Fsp3) is 0.125. The van der Waals surface area contributed by atoms with Crippen LogP contribution in [0.25, 0.3) is 0 Å². The highest BCUT2D eigenvalue weighted by atomic mass is 15.0. The molecule has 2 aromatic rings. The minimum Gasteiger partial charge on any atom is -0.369 e. The molecule has 108 valence electrons. The van der Waals surface area contributed by atoms with Crippen molar-refractivity contribution in [3.8, 4) is 12.1 Å². The second-order valence-corrected chi connectivity index (χ2v) is 4.32. The zero-order valence-electron chi connectivity index (χ0n) is 11.8. The topological polar surface area (TPSA) is 97.4 Å². The lowest BCUT2D eigenvalue weighted by Crippen LogP contribution is -2.21. The highest BCUT2D eigenvalue weighted by Gasteiger charge is 2.06. The van der Waals surface area contributed by atoms with Gasteiger partial charge in [0.15, 0.2) is 0 Å². The molecule has 0 aliphatic rings. The Kier molecular flexibility index (Phi) is 5.48. The van der Waals surface area contributed by atoms with Crippen molar-refractivity contribution in [2.24, 2.45) is 0 Å². The number of hydrogen-bond acceptors (Lipinski definition) is 6. The number of pyridine rings is 2. The fourth-order valence-corrected chi connectivity index (χ4v) is 1.73. The number of rotatable bonds is 6. The minimum atomic E-state index is 0.184. The smallest absolute Gasteiger partial charge is 0.148 e. The summed E-state index contributed by atoms with van der Waals surface area (Å²) in [5.74, 6) is 0. The van der Waals surface area contributed by atoms with Crippen molar-refractivity contribution in [1.29, 1.82) is 10.5 Å². The Labute approximate surface area is 128 Å². The van der Waals surface area contributed by atoms with Gasteiger partial charge in [0.1, 0.15) is 23.5 Å². The van der Waals surface area contributed by atoms with Gasteiger partial charge in [-0.1, -0.05) is 12.1 Å². The first-order valence-electron chi connectivity index (χ1n) is 6.65. The number of allylic oxidation sites excluding steroid dienone is 2.